The zero-order valence-electron chi connectivity index (χ0n) is 18.0. The molecule has 1 aliphatic heterocycles. The SMILES string of the molecule is O=P(O)(O)CP(=O)(O)OC[C@H]1O[C@@H](n2ncc3c(N/N=C/c4cccnc4)nc(Cl)nc32)[C@H](O)[C@@H]1O. The number of pyridine rings is 1. The van der Waals surface area contributed by atoms with Crippen LogP contribution in [0.4, 0.5) is 5.82 Å². The van der Waals surface area contributed by atoms with Crippen LogP contribution in [-0.4, -0.2) is 86.7 Å². The highest BCUT2D eigenvalue weighted by Gasteiger charge is 2.46. The highest BCUT2D eigenvalue weighted by atomic mass is 35.5. The molecule has 1 unspecified atom stereocenters. The molecule has 1 aliphatic rings. The fraction of sp³-hybridized carbons (Fsp3) is 0.353. The van der Waals surface area contributed by atoms with Crippen molar-refractivity contribution in [3.05, 3.63) is 41.6 Å². The lowest BCUT2D eigenvalue weighted by Crippen LogP contribution is -2.33. The second-order valence-electron chi connectivity index (χ2n) is 7.61. The molecule has 1 fully saturated rings. The number of hydrogen-bond acceptors (Lipinski definition) is 12. The van der Waals surface area contributed by atoms with E-state index in [1.165, 1.54) is 12.4 Å². The molecule has 1 saturated heterocycles. The standard InChI is InChI=1S/C17H20ClN7O9P2/c18-17-22-14(24-20-5-9-2-1-3-19-4-9)10-6-21-25(15(10)23-17)16-13(27)12(26)11(34-16)7-33-36(31,32)8-35(28,29)30/h1-6,11-13,16,26-27H,7-8H2,(H,31,32)(H,22,23,24)(H2,28,29,30)/b20-5+/t11-,12-,13-,16-/m1/s1. The number of halogens is 1. The van der Waals surface area contributed by atoms with E-state index in [-0.39, 0.29) is 16.7 Å². The number of fused-ring (bicyclic) bond motifs is 1. The van der Waals surface area contributed by atoms with Gasteiger partial charge < -0.3 is 34.2 Å². The van der Waals surface area contributed by atoms with Crippen molar-refractivity contribution in [2.24, 2.45) is 5.10 Å². The summed E-state index contributed by atoms with van der Waals surface area (Å²) < 4.78 is 34.3. The summed E-state index contributed by atoms with van der Waals surface area (Å²) >= 11 is 6.04. The summed E-state index contributed by atoms with van der Waals surface area (Å²) in [4.78, 5) is 39.6. The Labute approximate surface area is 207 Å². The highest BCUT2D eigenvalue weighted by Crippen LogP contribution is 2.55. The summed E-state index contributed by atoms with van der Waals surface area (Å²) in [7, 11) is -9.54. The molecule has 3 aromatic rings. The summed E-state index contributed by atoms with van der Waals surface area (Å²) in [5.74, 6) is -1.23. The Bertz CT molecular complexity index is 1360. The number of anilines is 1. The first-order chi connectivity index (χ1) is 16.9. The van der Waals surface area contributed by atoms with E-state index in [2.05, 4.69) is 30.6 Å². The number of aromatic nitrogens is 5. The second kappa shape index (κ2) is 10.6. The number of rotatable bonds is 9. The summed E-state index contributed by atoms with van der Waals surface area (Å²) in [5, 5.41) is 29.2. The molecule has 194 valence electrons. The van der Waals surface area contributed by atoms with Crippen molar-refractivity contribution >= 4 is 49.9 Å². The summed E-state index contributed by atoms with van der Waals surface area (Å²) in [6.07, 6.45) is 0.240. The lowest BCUT2D eigenvalue weighted by molar-refractivity contribution is -0.0541. The molecule has 5 atom stereocenters. The number of aliphatic hydroxyl groups is 2. The third-order valence-electron chi connectivity index (χ3n) is 4.88. The zero-order valence-corrected chi connectivity index (χ0v) is 20.6. The molecule has 19 heteroatoms. The molecule has 36 heavy (non-hydrogen) atoms. The van der Waals surface area contributed by atoms with Crippen LogP contribution >= 0.6 is 26.8 Å². The second-order valence-corrected chi connectivity index (χ2v) is 11.9. The Kier molecular flexibility index (Phi) is 7.83. The maximum atomic E-state index is 11.9. The van der Waals surface area contributed by atoms with Crippen molar-refractivity contribution in [1.29, 1.82) is 0 Å². The van der Waals surface area contributed by atoms with Gasteiger partial charge in [-0.05, 0) is 17.7 Å². The van der Waals surface area contributed by atoms with Gasteiger partial charge in [0.25, 0.3) is 0 Å². The molecular formula is C17H20ClN7O9P2. The topological polar surface area (TPSA) is 235 Å². The summed E-state index contributed by atoms with van der Waals surface area (Å²) in [5.41, 5.74) is 3.55. The molecule has 0 saturated carbocycles. The summed E-state index contributed by atoms with van der Waals surface area (Å²) in [6, 6.07) is 3.52. The van der Waals surface area contributed by atoms with Crippen LogP contribution in [-0.2, 0) is 18.4 Å². The van der Waals surface area contributed by atoms with Crippen LogP contribution in [0, 0.1) is 0 Å². The van der Waals surface area contributed by atoms with Gasteiger partial charge in [-0.3, -0.25) is 19.5 Å². The Hall–Kier alpha value is -2.36. The molecule has 3 aromatic heterocycles. The van der Waals surface area contributed by atoms with Gasteiger partial charge in [0.05, 0.1) is 24.4 Å². The Balaban J connectivity index is 1.52. The van der Waals surface area contributed by atoms with Gasteiger partial charge >= 0.3 is 15.2 Å². The van der Waals surface area contributed by atoms with E-state index in [0.29, 0.717) is 5.39 Å². The Morgan fingerprint density at radius 2 is 2.00 bits per heavy atom. The average molecular weight is 564 g/mol. The van der Waals surface area contributed by atoms with Crippen molar-refractivity contribution in [1.82, 2.24) is 24.7 Å². The van der Waals surface area contributed by atoms with E-state index in [4.69, 9.17) is 30.6 Å². The van der Waals surface area contributed by atoms with Crippen LogP contribution < -0.4 is 5.43 Å². The molecule has 0 radical (unpaired) electrons. The zero-order chi connectivity index (χ0) is 26.1. The molecule has 0 bridgehead atoms. The maximum absolute atomic E-state index is 11.9. The largest absolute Gasteiger partial charge is 0.387 e. The molecular weight excluding hydrogens is 544 g/mol. The fourth-order valence-corrected chi connectivity index (χ4v) is 6.06. The lowest BCUT2D eigenvalue weighted by atomic mass is 10.1. The molecule has 16 nitrogen and oxygen atoms in total. The number of ether oxygens (including phenoxy) is 1. The minimum Gasteiger partial charge on any atom is -0.387 e. The first-order valence-electron chi connectivity index (χ1n) is 10.1. The van der Waals surface area contributed by atoms with Crippen molar-refractivity contribution in [3.8, 4) is 0 Å². The summed E-state index contributed by atoms with van der Waals surface area (Å²) in [6.45, 7) is -0.743. The highest BCUT2D eigenvalue weighted by molar-refractivity contribution is 7.70. The van der Waals surface area contributed by atoms with Crippen LogP contribution in [0.1, 0.15) is 11.8 Å². The van der Waals surface area contributed by atoms with Gasteiger partial charge in [0.1, 0.15) is 18.3 Å². The minimum atomic E-state index is -4.84. The predicted molar refractivity (Wildman–Crippen MR) is 124 cm³/mol. The number of hydrogen-bond donors (Lipinski definition) is 6. The van der Waals surface area contributed by atoms with Gasteiger partial charge in [0.2, 0.25) is 5.28 Å². The first-order valence-corrected chi connectivity index (χ1v) is 14.0. The van der Waals surface area contributed by atoms with E-state index < -0.39 is 52.2 Å². The van der Waals surface area contributed by atoms with Crippen molar-refractivity contribution in [2.45, 2.75) is 24.5 Å². The number of aliphatic hydroxyl groups excluding tert-OH is 2. The van der Waals surface area contributed by atoms with Crippen molar-refractivity contribution in [2.75, 3.05) is 17.9 Å². The van der Waals surface area contributed by atoms with Crippen LogP contribution in [0.3, 0.4) is 0 Å². The fourth-order valence-electron chi connectivity index (χ4n) is 3.32. The predicted octanol–water partition coefficient (Wildman–Crippen LogP) is 0.277. The number of hydrazone groups is 1. The Morgan fingerprint density at radius 3 is 2.69 bits per heavy atom. The third-order valence-corrected chi connectivity index (χ3v) is 8.50. The molecule has 4 rings (SSSR count). The van der Waals surface area contributed by atoms with E-state index in [9.17, 15) is 24.2 Å². The molecule has 0 spiro atoms. The average Bonchev–Trinajstić information content (AvgIpc) is 3.32. The van der Waals surface area contributed by atoms with Gasteiger partial charge in [-0.15, -0.1) is 0 Å². The third kappa shape index (κ3) is 6.30. The van der Waals surface area contributed by atoms with Crippen molar-refractivity contribution < 1.29 is 43.3 Å². The van der Waals surface area contributed by atoms with Crippen LogP contribution in [0.15, 0.2) is 35.8 Å². The number of nitrogens with one attached hydrogen (secondary N) is 1. The first kappa shape index (κ1) is 26.7. The molecule has 4 heterocycles. The van der Waals surface area contributed by atoms with Crippen LogP contribution in [0.5, 0.6) is 0 Å². The van der Waals surface area contributed by atoms with Gasteiger partial charge in [0.15, 0.2) is 23.6 Å². The van der Waals surface area contributed by atoms with Crippen LogP contribution in [0.25, 0.3) is 11.0 Å². The minimum absolute atomic E-state index is 0.112. The normalized spacial score (nSPS) is 24.4. The van der Waals surface area contributed by atoms with Crippen molar-refractivity contribution in [3.63, 3.8) is 0 Å². The Morgan fingerprint density at radius 1 is 1.22 bits per heavy atom. The van der Waals surface area contributed by atoms with Crippen LogP contribution in [0.2, 0.25) is 5.28 Å². The van der Waals surface area contributed by atoms with Gasteiger partial charge in [-0.25, -0.2) is 4.68 Å². The smallest absolute Gasteiger partial charge is 0.340 e. The lowest BCUT2D eigenvalue weighted by Gasteiger charge is -2.18. The molecule has 0 amide bonds. The maximum Gasteiger partial charge on any atom is 0.340 e. The van der Waals surface area contributed by atoms with E-state index in [1.807, 2.05) is 0 Å². The molecule has 6 N–H and O–H groups in total. The monoisotopic (exact) mass is 563 g/mol. The van der Waals surface area contributed by atoms with Gasteiger partial charge in [-0.2, -0.15) is 20.2 Å². The van der Waals surface area contributed by atoms with Gasteiger partial charge in [0, 0.05) is 18.0 Å². The molecule has 0 aromatic carbocycles. The number of nitrogens with zero attached hydrogens (tertiary/aromatic N) is 6. The van der Waals surface area contributed by atoms with Gasteiger partial charge in [-0.1, -0.05) is 6.07 Å². The van der Waals surface area contributed by atoms with E-state index >= 15 is 0 Å². The quantitative estimate of drug-likeness (QED) is 0.0887. The van der Waals surface area contributed by atoms with E-state index in [0.717, 1.165) is 10.2 Å². The van der Waals surface area contributed by atoms with E-state index in [1.54, 1.807) is 24.5 Å². The molecule has 0 aliphatic carbocycles.